The first-order valence-electron chi connectivity index (χ1n) is 6.87. The lowest BCUT2D eigenvalue weighted by Crippen LogP contribution is -2.44. The molecule has 1 amide bonds. The second kappa shape index (κ2) is 6.36. The number of morpholine rings is 1. The number of amides is 1. The van der Waals surface area contributed by atoms with Crippen molar-refractivity contribution in [3.8, 4) is 0 Å². The van der Waals surface area contributed by atoms with Crippen LogP contribution in [0.1, 0.15) is 39.0 Å². The van der Waals surface area contributed by atoms with E-state index in [1.54, 1.807) is 0 Å². The molecule has 0 radical (unpaired) electrons. The fraction of sp³-hybridized carbons (Fsp3) is 0.923. The highest BCUT2D eigenvalue weighted by Gasteiger charge is 2.24. The van der Waals surface area contributed by atoms with Crippen molar-refractivity contribution in [2.75, 3.05) is 19.7 Å². The van der Waals surface area contributed by atoms with E-state index < -0.39 is 0 Å². The molecule has 0 aromatic rings. The maximum Gasteiger partial charge on any atom is 0.222 e. The average Bonchev–Trinajstić information content (AvgIpc) is 2.83. The average molecular weight is 240 g/mol. The zero-order chi connectivity index (χ0) is 12.1. The molecule has 1 aliphatic heterocycles. The molecule has 1 saturated heterocycles. The van der Waals surface area contributed by atoms with E-state index in [-0.39, 0.29) is 12.0 Å². The molecule has 2 N–H and O–H groups in total. The zero-order valence-electron chi connectivity index (χ0n) is 10.7. The van der Waals surface area contributed by atoms with Crippen molar-refractivity contribution in [1.82, 2.24) is 10.6 Å². The second-order valence-electron chi connectivity index (χ2n) is 5.30. The fourth-order valence-corrected chi connectivity index (χ4v) is 2.85. The Morgan fingerprint density at radius 2 is 2.24 bits per heavy atom. The van der Waals surface area contributed by atoms with Crippen molar-refractivity contribution in [3.05, 3.63) is 0 Å². The Balaban J connectivity index is 1.68. The SMILES string of the molecule is C[C@H](NC(=O)CC1CNCCO1)C1CCCC1. The highest BCUT2D eigenvalue weighted by atomic mass is 16.5. The van der Waals surface area contributed by atoms with Crippen molar-refractivity contribution >= 4 is 5.91 Å². The van der Waals surface area contributed by atoms with Crippen LogP contribution in [-0.4, -0.2) is 37.7 Å². The number of ether oxygens (including phenoxy) is 1. The molecule has 4 heteroatoms. The first kappa shape index (κ1) is 12.8. The quantitative estimate of drug-likeness (QED) is 0.772. The van der Waals surface area contributed by atoms with Gasteiger partial charge in [0.15, 0.2) is 0 Å². The zero-order valence-corrected chi connectivity index (χ0v) is 10.7. The van der Waals surface area contributed by atoms with Gasteiger partial charge in [0.05, 0.1) is 19.1 Å². The Hall–Kier alpha value is -0.610. The largest absolute Gasteiger partial charge is 0.375 e. The number of carbonyl (C=O) groups excluding carboxylic acids is 1. The van der Waals surface area contributed by atoms with Gasteiger partial charge < -0.3 is 15.4 Å². The van der Waals surface area contributed by atoms with Gasteiger partial charge in [-0.1, -0.05) is 12.8 Å². The van der Waals surface area contributed by atoms with E-state index >= 15 is 0 Å². The molecule has 0 aromatic carbocycles. The Morgan fingerprint density at radius 3 is 2.88 bits per heavy atom. The van der Waals surface area contributed by atoms with Crippen LogP contribution >= 0.6 is 0 Å². The van der Waals surface area contributed by atoms with Gasteiger partial charge in [-0.15, -0.1) is 0 Å². The van der Waals surface area contributed by atoms with E-state index in [1.165, 1.54) is 25.7 Å². The Bertz CT molecular complexity index is 246. The normalized spacial score (nSPS) is 27.9. The van der Waals surface area contributed by atoms with Crippen LogP contribution < -0.4 is 10.6 Å². The molecule has 0 spiro atoms. The Labute approximate surface area is 103 Å². The summed E-state index contributed by atoms with van der Waals surface area (Å²) in [4.78, 5) is 11.9. The van der Waals surface area contributed by atoms with Crippen molar-refractivity contribution in [1.29, 1.82) is 0 Å². The number of rotatable bonds is 4. The van der Waals surface area contributed by atoms with Gasteiger partial charge in [-0.2, -0.15) is 0 Å². The minimum absolute atomic E-state index is 0.0551. The van der Waals surface area contributed by atoms with Gasteiger partial charge in [-0.25, -0.2) is 0 Å². The maximum atomic E-state index is 11.9. The van der Waals surface area contributed by atoms with Gasteiger partial charge in [0.1, 0.15) is 0 Å². The molecular formula is C13H24N2O2. The predicted octanol–water partition coefficient (Wildman–Crippen LogP) is 1.06. The van der Waals surface area contributed by atoms with E-state index in [0.29, 0.717) is 18.4 Å². The van der Waals surface area contributed by atoms with Crippen molar-refractivity contribution < 1.29 is 9.53 Å². The predicted molar refractivity (Wildman–Crippen MR) is 66.8 cm³/mol. The standard InChI is InChI=1S/C13H24N2O2/c1-10(11-4-2-3-5-11)15-13(16)8-12-9-14-6-7-17-12/h10-12,14H,2-9H2,1H3,(H,15,16)/t10-,12?/m0/s1. The Morgan fingerprint density at radius 1 is 1.47 bits per heavy atom. The first-order valence-corrected chi connectivity index (χ1v) is 6.87. The number of nitrogens with one attached hydrogen (secondary N) is 2. The van der Waals surface area contributed by atoms with E-state index in [0.717, 1.165) is 19.7 Å². The summed E-state index contributed by atoms with van der Waals surface area (Å²) in [6, 6.07) is 0.321. The molecule has 4 nitrogen and oxygen atoms in total. The van der Waals surface area contributed by atoms with Crippen LogP contribution in [0.4, 0.5) is 0 Å². The molecular weight excluding hydrogens is 216 g/mol. The molecule has 1 unspecified atom stereocenters. The monoisotopic (exact) mass is 240 g/mol. The minimum atomic E-state index is 0.0551. The molecule has 1 aliphatic carbocycles. The summed E-state index contributed by atoms with van der Waals surface area (Å²) < 4.78 is 5.53. The maximum absolute atomic E-state index is 11.9. The molecule has 98 valence electrons. The molecule has 1 heterocycles. The summed E-state index contributed by atoms with van der Waals surface area (Å²) in [5.74, 6) is 0.822. The lowest BCUT2D eigenvalue weighted by molar-refractivity contribution is -0.125. The van der Waals surface area contributed by atoms with Crippen LogP contribution in [0, 0.1) is 5.92 Å². The topological polar surface area (TPSA) is 50.4 Å². The van der Waals surface area contributed by atoms with E-state index in [4.69, 9.17) is 4.74 Å². The van der Waals surface area contributed by atoms with Crippen LogP contribution in [0.15, 0.2) is 0 Å². The highest BCUT2D eigenvalue weighted by molar-refractivity contribution is 5.76. The van der Waals surface area contributed by atoms with Crippen LogP contribution in [0.5, 0.6) is 0 Å². The lowest BCUT2D eigenvalue weighted by Gasteiger charge is -2.25. The van der Waals surface area contributed by atoms with Gasteiger partial charge in [-0.05, 0) is 25.7 Å². The smallest absolute Gasteiger partial charge is 0.222 e. The Kier molecular flexibility index (Phi) is 4.80. The van der Waals surface area contributed by atoms with E-state index in [9.17, 15) is 4.79 Å². The van der Waals surface area contributed by atoms with E-state index in [2.05, 4.69) is 17.6 Å². The van der Waals surface area contributed by atoms with Gasteiger partial charge in [-0.3, -0.25) is 4.79 Å². The molecule has 2 rings (SSSR count). The third kappa shape index (κ3) is 3.96. The fourth-order valence-electron chi connectivity index (χ4n) is 2.85. The number of carbonyl (C=O) groups is 1. The molecule has 1 saturated carbocycles. The second-order valence-corrected chi connectivity index (χ2v) is 5.30. The number of hydrogen-bond acceptors (Lipinski definition) is 3. The molecule has 0 bridgehead atoms. The summed E-state index contributed by atoms with van der Waals surface area (Å²) >= 11 is 0. The third-order valence-corrected chi connectivity index (χ3v) is 3.91. The van der Waals surface area contributed by atoms with Crippen molar-refractivity contribution in [2.24, 2.45) is 5.92 Å². The molecule has 2 atom stereocenters. The lowest BCUT2D eigenvalue weighted by atomic mass is 9.99. The van der Waals surface area contributed by atoms with Crippen molar-refractivity contribution in [2.45, 2.75) is 51.2 Å². The molecule has 17 heavy (non-hydrogen) atoms. The van der Waals surface area contributed by atoms with Crippen LogP contribution in [0.25, 0.3) is 0 Å². The third-order valence-electron chi connectivity index (χ3n) is 3.91. The summed E-state index contributed by atoms with van der Waals surface area (Å²) in [6.45, 7) is 4.55. The number of hydrogen-bond donors (Lipinski definition) is 2. The summed E-state index contributed by atoms with van der Waals surface area (Å²) in [6.07, 6.45) is 5.72. The van der Waals surface area contributed by atoms with Crippen LogP contribution in [-0.2, 0) is 9.53 Å². The van der Waals surface area contributed by atoms with Crippen LogP contribution in [0.3, 0.4) is 0 Å². The highest BCUT2D eigenvalue weighted by Crippen LogP contribution is 2.27. The summed E-state index contributed by atoms with van der Waals surface area (Å²) in [5, 5.41) is 6.37. The van der Waals surface area contributed by atoms with Gasteiger partial charge in [0.2, 0.25) is 5.91 Å². The first-order chi connectivity index (χ1) is 8.25. The van der Waals surface area contributed by atoms with Gasteiger partial charge >= 0.3 is 0 Å². The summed E-state index contributed by atoms with van der Waals surface area (Å²) in [5.41, 5.74) is 0. The minimum Gasteiger partial charge on any atom is -0.375 e. The molecule has 0 aromatic heterocycles. The van der Waals surface area contributed by atoms with E-state index in [1.807, 2.05) is 0 Å². The van der Waals surface area contributed by atoms with Gasteiger partial charge in [0.25, 0.3) is 0 Å². The van der Waals surface area contributed by atoms with Crippen molar-refractivity contribution in [3.63, 3.8) is 0 Å². The molecule has 2 fully saturated rings. The summed E-state index contributed by atoms with van der Waals surface area (Å²) in [7, 11) is 0. The van der Waals surface area contributed by atoms with Crippen LogP contribution in [0.2, 0.25) is 0 Å². The molecule has 2 aliphatic rings. The van der Waals surface area contributed by atoms with Gasteiger partial charge in [0, 0.05) is 19.1 Å².